The highest BCUT2D eigenvalue weighted by atomic mass is 16.5. The lowest BCUT2D eigenvalue weighted by Crippen LogP contribution is -2.33. The van der Waals surface area contributed by atoms with Crippen molar-refractivity contribution in [2.75, 3.05) is 33.7 Å². The molecule has 0 aliphatic carbocycles. The molecule has 0 atom stereocenters. The van der Waals surface area contributed by atoms with E-state index >= 15 is 0 Å². The van der Waals surface area contributed by atoms with Crippen LogP contribution in [0, 0.1) is 5.21 Å². The summed E-state index contributed by atoms with van der Waals surface area (Å²) in [7, 11) is 3.31. The topological polar surface area (TPSA) is 98.3 Å². The van der Waals surface area contributed by atoms with Gasteiger partial charge in [0, 0.05) is 38.8 Å². The van der Waals surface area contributed by atoms with Gasteiger partial charge in [0.15, 0.2) is 0 Å². The van der Waals surface area contributed by atoms with Crippen LogP contribution in [0.3, 0.4) is 0 Å². The fraction of sp³-hybridized carbons (Fsp3) is 0.914. The lowest BCUT2D eigenvalue weighted by atomic mass is 10.0. The van der Waals surface area contributed by atoms with Gasteiger partial charge in [-0.05, 0) is 32.1 Å². The predicted octanol–water partition coefficient (Wildman–Crippen LogP) is 8.52. The van der Waals surface area contributed by atoms with E-state index in [0.29, 0.717) is 38.9 Å². The van der Waals surface area contributed by atoms with Crippen LogP contribution in [-0.4, -0.2) is 56.0 Å². The van der Waals surface area contributed by atoms with Crippen LogP contribution in [-0.2, 0) is 14.4 Å². The Morgan fingerprint density at radius 1 is 0.476 bits per heavy atom. The molecule has 0 bridgehead atoms. The van der Waals surface area contributed by atoms with E-state index in [9.17, 15) is 19.6 Å². The monoisotopic (exact) mass is 596 g/mol. The first-order valence-corrected chi connectivity index (χ1v) is 17.8. The largest absolute Gasteiger partial charge is 0.633 e. The zero-order valence-electron chi connectivity index (χ0n) is 28.1. The van der Waals surface area contributed by atoms with Crippen LogP contribution < -0.4 is 10.6 Å². The van der Waals surface area contributed by atoms with Crippen LogP contribution in [0.1, 0.15) is 174 Å². The highest BCUT2D eigenvalue weighted by molar-refractivity contribution is 5.84. The molecule has 7 nitrogen and oxygen atoms in total. The summed E-state index contributed by atoms with van der Waals surface area (Å²) in [6.45, 7) is 4.04. The molecule has 0 saturated heterocycles. The number of hydrogen-bond acceptors (Lipinski definition) is 4. The Morgan fingerprint density at radius 3 is 1.38 bits per heavy atom. The first-order chi connectivity index (χ1) is 20.2. The maximum Gasteiger partial charge on any atom is 0.220 e. The number of nitrogens with one attached hydrogen (secondary N) is 2. The zero-order chi connectivity index (χ0) is 31.2. The number of unbranched alkanes of at least 4 members (excludes halogenated alkanes) is 19. The van der Waals surface area contributed by atoms with E-state index in [1.54, 1.807) is 14.1 Å². The van der Waals surface area contributed by atoms with Crippen molar-refractivity contribution in [1.29, 1.82) is 0 Å². The second-order valence-corrected chi connectivity index (χ2v) is 13.0. The Balaban J connectivity index is 3.38. The summed E-state index contributed by atoms with van der Waals surface area (Å²) >= 11 is 0. The number of rotatable bonds is 32. The molecule has 0 unspecified atom stereocenters. The minimum absolute atomic E-state index is 0.0749. The van der Waals surface area contributed by atoms with Crippen LogP contribution in [0.15, 0.2) is 0 Å². The highest BCUT2D eigenvalue weighted by Gasteiger charge is 2.08. The summed E-state index contributed by atoms with van der Waals surface area (Å²) in [4.78, 5) is 36.0. The fourth-order valence-corrected chi connectivity index (χ4v) is 5.28. The summed E-state index contributed by atoms with van der Waals surface area (Å²) < 4.78 is -0.253. The molecule has 0 rings (SSSR count). The molecule has 2 amide bonds. The minimum atomic E-state index is -0.253. The van der Waals surface area contributed by atoms with Gasteiger partial charge in [0.2, 0.25) is 11.8 Å². The number of carbonyl (C=O) groups is 3. The van der Waals surface area contributed by atoms with Gasteiger partial charge >= 0.3 is 0 Å². The number of Topliss-reactive ketones (excluding diaryl/α,β-unsaturated/α-hetero) is 1. The molecule has 0 radical (unpaired) electrons. The molecular weight excluding hydrogens is 526 g/mol. The van der Waals surface area contributed by atoms with Crippen LogP contribution >= 0.6 is 0 Å². The lowest BCUT2D eigenvalue weighted by molar-refractivity contribution is -0.840. The van der Waals surface area contributed by atoms with Gasteiger partial charge in [0.05, 0.1) is 20.6 Å². The van der Waals surface area contributed by atoms with Crippen molar-refractivity contribution in [3.8, 4) is 0 Å². The first-order valence-electron chi connectivity index (χ1n) is 17.8. The van der Waals surface area contributed by atoms with Crippen LogP contribution in [0.25, 0.3) is 0 Å². The highest BCUT2D eigenvalue weighted by Crippen LogP contribution is 2.14. The SMILES string of the molecule is CCCCCCCCCCCCCCCCCCCC(=O)NCCCC(=O)CCC(=O)NCCCCCC[N+](C)(C)[O-]. The standard InChI is InChI=1S/C35H69N3O4/c1-4-5-6-7-8-9-10-11-12-13-14-15-16-17-18-19-22-27-34(40)37-31-25-26-33(39)28-29-35(41)36-30-23-20-21-24-32-38(2,3)42/h4-32H2,1-3H3,(H,36,41)(H,37,40). The molecule has 0 aromatic rings. The molecule has 0 heterocycles. The number of hydroxylamine groups is 3. The zero-order valence-corrected chi connectivity index (χ0v) is 28.1. The van der Waals surface area contributed by atoms with Crippen molar-refractivity contribution in [3.63, 3.8) is 0 Å². The summed E-state index contributed by atoms with van der Waals surface area (Å²) in [5.41, 5.74) is 0. The van der Waals surface area contributed by atoms with Crippen molar-refractivity contribution in [2.24, 2.45) is 0 Å². The van der Waals surface area contributed by atoms with Crippen molar-refractivity contribution >= 4 is 17.6 Å². The Bertz CT molecular complexity index is 649. The van der Waals surface area contributed by atoms with Crippen LogP contribution in [0.2, 0.25) is 0 Å². The van der Waals surface area contributed by atoms with Crippen molar-refractivity contribution in [2.45, 2.75) is 174 Å². The number of ketones is 1. The Hall–Kier alpha value is -1.47. The third-order valence-corrected chi connectivity index (χ3v) is 8.04. The smallest absolute Gasteiger partial charge is 0.220 e. The average Bonchev–Trinajstić information content (AvgIpc) is 2.94. The second-order valence-electron chi connectivity index (χ2n) is 13.0. The van der Waals surface area contributed by atoms with E-state index in [1.807, 2.05) is 0 Å². The van der Waals surface area contributed by atoms with Gasteiger partial charge in [-0.15, -0.1) is 0 Å². The van der Waals surface area contributed by atoms with E-state index in [4.69, 9.17) is 0 Å². The van der Waals surface area contributed by atoms with Crippen molar-refractivity contribution in [3.05, 3.63) is 5.21 Å². The third-order valence-electron chi connectivity index (χ3n) is 8.04. The van der Waals surface area contributed by atoms with E-state index < -0.39 is 0 Å². The summed E-state index contributed by atoms with van der Waals surface area (Å²) in [5.74, 6) is 0.0765. The van der Waals surface area contributed by atoms with Gasteiger partial charge < -0.3 is 20.5 Å². The molecule has 2 N–H and O–H groups in total. The van der Waals surface area contributed by atoms with Gasteiger partial charge in [-0.3, -0.25) is 14.4 Å². The predicted molar refractivity (Wildman–Crippen MR) is 177 cm³/mol. The van der Waals surface area contributed by atoms with Gasteiger partial charge in [-0.1, -0.05) is 116 Å². The molecule has 0 aromatic heterocycles. The minimum Gasteiger partial charge on any atom is -0.633 e. The average molecular weight is 596 g/mol. The summed E-state index contributed by atoms with van der Waals surface area (Å²) in [6.07, 6.45) is 28.5. The molecule has 0 aromatic carbocycles. The molecule has 0 saturated carbocycles. The lowest BCUT2D eigenvalue weighted by Gasteiger charge is -2.33. The van der Waals surface area contributed by atoms with Crippen LogP contribution in [0.5, 0.6) is 0 Å². The van der Waals surface area contributed by atoms with Gasteiger partial charge in [0.25, 0.3) is 0 Å². The van der Waals surface area contributed by atoms with E-state index in [-0.39, 0.29) is 35.1 Å². The Kier molecular flexibility index (Phi) is 28.6. The molecule has 7 heteroatoms. The van der Waals surface area contributed by atoms with Crippen molar-refractivity contribution < 1.29 is 19.0 Å². The maximum absolute atomic E-state index is 12.0. The molecule has 0 fully saturated rings. The number of quaternary nitrogens is 1. The van der Waals surface area contributed by atoms with Crippen LogP contribution in [0.4, 0.5) is 0 Å². The fourth-order valence-electron chi connectivity index (χ4n) is 5.28. The quantitative estimate of drug-likeness (QED) is 0.0462. The van der Waals surface area contributed by atoms with E-state index in [2.05, 4.69) is 17.6 Å². The molecule has 0 aliphatic rings. The maximum atomic E-state index is 12.0. The molecule has 42 heavy (non-hydrogen) atoms. The summed E-state index contributed by atoms with van der Waals surface area (Å²) in [5, 5.41) is 17.3. The third kappa shape index (κ3) is 33.0. The molecular formula is C35H69N3O4. The number of carbonyl (C=O) groups excluding carboxylic acids is 3. The normalized spacial score (nSPS) is 11.5. The first kappa shape index (κ1) is 40.5. The Morgan fingerprint density at radius 2 is 0.881 bits per heavy atom. The van der Waals surface area contributed by atoms with Crippen molar-refractivity contribution in [1.82, 2.24) is 10.6 Å². The van der Waals surface area contributed by atoms with Gasteiger partial charge in [-0.25, -0.2) is 0 Å². The number of nitrogens with zero attached hydrogens (tertiary/aromatic N) is 1. The second kappa shape index (κ2) is 29.6. The summed E-state index contributed by atoms with van der Waals surface area (Å²) in [6, 6.07) is 0. The van der Waals surface area contributed by atoms with Gasteiger partial charge in [0.1, 0.15) is 5.78 Å². The number of hydrogen-bond donors (Lipinski definition) is 2. The molecule has 248 valence electrons. The Labute approximate surface area is 259 Å². The van der Waals surface area contributed by atoms with E-state index in [1.165, 1.54) is 96.3 Å². The molecule has 0 aliphatic heterocycles. The molecule has 0 spiro atoms. The number of amides is 2. The van der Waals surface area contributed by atoms with Gasteiger partial charge in [-0.2, -0.15) is 0 Å². The van der Waals surface area contributed by atoms with E-state index in [0.717, 1.165) is 38.5 Å².